The summed E-state index contributed by atoms with van der Waals surface area (Å²) in [6.07, 6.45) is 1.83. The molecule has 0 heterocycles. The summed E-state index contributed by atoms with van der Waals surface area (Å²) in [5.74, 6) is -0.981. The van der Waals surface area contributed by atoms with Crippen LogP contribution in [0, 0.1) is 14.4 Å². The number of carbonyl (C=O) groups is 1. The van der Waals surface area contributed by atoms with Gasteiger partial charge in [-0.15, -0.1) is 0 Å². The van der Waals surface area contributed by atoms with Crippen molar-refractivity contribution in [3.8, 4) is 0 Å². The molecule has 4 N–H and O–H groups in total. The average molecular weight is 274 g/mol. The maximum Gasteiger partial charge on any atom is 2.00 e. The Kier molecular flexibility index (Phi) is 341. The standard InChI is InChI=1S/C3H4O2.C3H7.3CH4O.CH3.Ti/c1-2-3(4)5;1-3-2;3*1-2;;/h2H,1H2,(H,4,5);1,3H2,2H3;3*2H,1H3;1H3;/q;-1;;;;-1;+2. The molecule has 0 spiro atoms. The van der Waals surface area contributed by atoms with Crippen LogP contribution in [0.4, 0.5) is 0 Å². The zero-order valence-corrected chi connectivity index (χ0v) is 12.5. The molecule has 0 saturated carbocycles. The summed E-state index contributed by atoms with van der Waals surface area (Å²) in [7, 11) is 3.00. The second kappa shape index (κ2) is 122. The van der Waals surface area contributed by atoms with Gasteiger partial charge in [0.05, 0.1) is 0 Å². The maximum absolute atomic E-state index is 9.25. The van der Waals surface area contributed by atoms with Gasteiger partial charge in [-0.05, 0) is 0 Å². The number of hydrogen-bond donors (Lipinski definition) is 4. The second-order valence-electron chi connectivity index (χ2n) is 1.04. The predicted octanol–water partition coefficient (Wildman–Crippen LogP) is 0.761. The minimum absolute atomic E-state index is 0. The van der Waals surface area contributed by atoms with Crippen LogP contribution in [-0.2, 0) is 26.5 Å². The van der Waals surface area contributed by atoms with Crippen LogP contribution < -0.4 is 0 Å². The van der Waals surface area contributed by atoms with Crippen LogP contribution in [0.5, 0.6) is 0 Å². The van der Waals surface area contributed by atoms with Gasteiger partial charge in [-0.25, -0.2) is 4.79 Å². The molecule has 0 saturated heterocycles. The third-order valence-electron chi connectivity index (χ3n) is 0.175. The molecule has 0 rings (SSSR count). The minimum Gasteiger partial charge on any atom is -0.478 e. The Morgan fingerprint density at radius 3 is 1.25 bits per heavy atom. The van der Waals surface area contributed by atoms with E-state index in [-0.39, 0.29) is 29.1 Å². The van der Waals surface area contributed by atoms with Crippen molar-refractivity contribution in [1.29, 1.82) is 0 Å². The molecular formula is C10H26O5Ti. The summed E-state index contributed by atoms with van der Waals surface area (Å²) >= 11 is 0. The van der Waals surface area contributed by atoms with Gasteiger partial charge in [0.15, 0.2) is 0 Å². The smallest absolute Gasteiger partial charge is 0.478 e. The summed E-state index contributed by atoms with van der Waals surface area (Å²) in [6.45, 7) is 8.46. The predicted molar refractivity (Wildman–Crippen MR) is 64.3 cm³/mol. The topological polar surface area (TPSA) is 98.0 Å². The largest absolute Gasteiger partial charge is 2.00 e. The van der Waals surface area contributed by atoms with E-state index in [1.54, 1.807) is 0 Å². The van der Waals surface area contributed by atoms with Crippen LogP contribution >= 0.6 is 0 Å². The van der Waals surface area contributed by atoms with Crippen LogP contribution in [-0.4, -0.2) is 47.7 Å². The molecule has 5 nitrogen and oxygen atoms in total. The number of aliphatic carboxylic acids is 1. The normalized spacial score (nSPS) is 4.25. The number of hydrogen-bond acceptors (Lipinski definition) is 4. The second-order valence-corrected chi connectivity index (χ2v) is 1.04. The molecular weight excluding hydrogens is 248 g/mol. The number of rotatable bonds is 1. The number of carboxylic acid groups (broad SMARTS) is 1. The van der Waals surface area contributed by atoms with Crippen molar-refractivity contribution in [2.45, 2.75) is 13.3 Å². The third-order valence-corrected chi connectivity index (χ3v) is 0.175. The van der Waals surface area contributed by atoms with E-state index < -0.39 is 5.97 Å². The van der Waals surface area contributed by atoms with Crippen LogP contribution in [0.2, 0.25) is 0 Å². The first kappa shape index (κ1) is 44.7. The van der Waals surface area contributed by atoms with E-state index in [0.29, 0.717) is 0 Å². The fraction of sp³-hybridized carbons (Fsp3) is 0.500. The van der Waals surface area contributed by atoms with Gasteiger partial charge < -0.3 is 34.8 Å². The molecule has 0 aromatic carbocycles. The van der Waals surface area contributed by atoms with Crippen molar-refractivity contribution in [3.63, 3.8) is 0 Å². The summed E-state index contributed by atoms with van der Waals surface area (Å²) in [6, 6.07) is 0. The van der Waals surface area contributed by atoms with Crippen molar-refractivity contribution < 1.29 is 46.9 Å². The van der Waals surface area contributed by atoms with Crippen molar-refractivity contribution in [3.05, 3.63) is 27.0 Å². The first-order valence-corrected chi connectivity index (χ1v) is 3.67. The van der Waals surface area contributed by atoms with Gasteiger partial charge in [0.1, 0.15) is 0 Å². The molecule has 0 aliphatic carbocycles. The average Bonchev–Trinajstić information content (AvgIpc) is 2.27. The van der Waals surface area contributed by atoms with E-state index in [2.05, 4.69) is 13.5 Å². The van der Waals surface area contributed by atoms with E-state index in [9.17, 15) is 4.79 Å². The zero-order chi connectivity index (χ0) is 13.0. The number of aliphatic hydroxyl groups is 3. The van der Waals surface area contributed by atoms with Crippen molar-refractivity contribution in [2.24, 2.45) is 0 Å². The first-order valence-electron chi connectivity index (χ1n) is 3.67. The summed E-state index contributed by atoms with van der Waals surface area (Å²) in [4.78, 5) is 9.25. The SMILES string of the molecule is C=CC(=O)O.CO.CO.CO.[CH2-]CC.[CH3-].[Ti+2]. The summed E-state index contributed by atoms with van der Waals surface area (Å²) < 4.78 is 0. The van der Waals surface area contributed by atoms with E-state index in [0.717, 1.165) is 33.8 Å². The van der Waals surface area contributed by atoms with Crippen molar-refractivity contribution in [2.75, 3.05) is 21.3 Å². The van der Waals surface area contributed by atoms with Gasteiger partial charge >= 0.3 is 27.7 Å². The third kappa shape index (κ3) is 695. The molecule has 16 heavy (non-hydrogen) atoms. The van der Waals surface area contributed by atoms with Gasteiger partial charge in [0, 0.05) is 27.4 Å². The van der Waals surface area contributed by atoms with Crippen molar-refractivity contribution in [1.82, 2.24) is 0 Å². The summed E-state index contributed by atoms with van der Waals surface area (Å²) in [5.41, 5.74) is 0. The van der Waals surface area contributed by atoms with Crippen LogP contribution in [0.1, 0.15) is 13.3 Å². The molecule has 100 valence electrons. The van der Waals surface area contributed by atoms with Gasteiger partial charge in [0.25, 0.3) is 0 Å². The Hall–Kier alpha value is -0.196. The molecule has 0 unspecified atom stereocenters. The van der Waals surface area contributed by atoms with Gasteiger partial charge in [0.2, 0.25) is 0 Å². The van der Waals surface area contributed by atoms with Crippen LogP contribution in [0.25, 0.3) is 0 Å². The van der Waals surface area contributed by atoms with E-state index in [1.165, 1.54) is 0 Å². The van der Waals surface area contributed by atoms with E-state index in [4.69, 9.17) is 20.4 Å². The monoisotopic (exact) mass is 274 g/mol. The Balaban J connectivity index is -0.0000000132. The van der Waals surface area contributed by atoms with Gasteiger partial charge in [-0.3, -0.25) is 0 Å². The maximum atomic E-state index is 9.25. The number of aliphatic hydroxyl groups excluding tert-OH is 3. The molecule has 0 aliphatic rings. The molecule has 0 atom stereocenters. The van der Waals surface area contributed by atoms with Crippen molar-refractivity contribution >= 4 is 5.97 Å². The molecule has 0 aliphatic heterocycles. The fourth-order valence-electron chi connectivity index (χ4n) is 0. The summed E-state index contributed by atoms with van der Waals surface area (Å²) in [5, 5.41) is 28.6. The molecule has 0 bridgehead atoms. The Morgan fingerprint density at radius 1 is 1.19 bits per heavy atom. The quantitative estimate of drug-likeness (QED) is 0.321. The fourth-order valence-corrected chi connectivity index (χ4v) is 0. The molecule has 0 aromatic heterocycles. The first-order chi connectivity index (χ1) is 6.68. The number of carboxylic acids is 1. The Morgan fingerprint density at radius 2 is 1.25 bits per heavy atom. The van der Waals surface area contributed by atoms with E-state index >= 15 is 0 Å². The van der Waals surface area contributed by atoms with Gasteiger partial charge in [-0.1, -0.05) is 13.5 Å². The minimum atomic E-state index is -0.981. The molecule has 0 amide bonds. The molecule has 6 heteroatoms. The molecule has 0 fully saturated rings. The molecule has 0 radical (unpaired) electrons. The van der Waals surface area contributed by atoms with E-state index in [1.807, 2.05) is 6.92 Å². The Labute approximate surface area is 115 Å². The van der Waals surface area contributed by atoms with Gasteiger partial charge in [-0.2, -0.15) is 6.42 Å². The van der Waals surface area contributed by atoms with Crippen LogP contribution in [0.15, 0.2) is 12.7 Å². The Bertz CT molecular complexity index is 79.6. The molecule has 0 aromatic rings. The zero-order valence-electron chi connectivity index (χ0n) is 10.9. The van der Waals surface area contributed by atoms with Crippen LogP contribution in [0.3, 0.4) is 0 Å².